The third-order valence-electron chi connectivity index (χ3n) is 4.73. The van der Waals surface area contributed by atoms with Crippen molar-refractivity contribution in [1.29, 1.82) is 0 Å². The normalized spacial score (nSPS) is 14.6. The monoisotopic (exact) mass is 478 g/mol. The first-order valence-corrected chi connectivity index (χ1v) is 12.8. The van der Waals surface area contributed by atoms with E-state index in [4.69, 9.17) is 0 Å². The van der Waals surface area contributed by atoms with Gasteiger partial charge in [-0.1, -0.05) is 47.4 Å². The lowest BCUT2D eigenvalue weighted by Gasteiger charge is -2.15. The molecule has 31 heavy (non-hydrogen) atoms. The first-order valence-electron chi connectivity index (χ1n) is 9.55. The highest BCUT2D eigenvalue weighted by Crippen LogP contribution is 2.29. The molecule has 162 valence electrons. The molecular weight excluding hydrogens is 459 g/mol. The van der Waals surface area contributed by atoms with Crippen LogP contribution in [0.5, 0.6) is 0 Å². The molecule has 1 aliphatic heterocycles. The summed E-state index contributed by atoms with van der Waals surface area (Å²) in [6.45, 7) is 0.994. The van der Waals surface area contributed by atoms with Crippen LogP contribution in [0.15, 0.2) is 57.8 Å². The number of thioether (sulfide) groups is 1. The van der Waals surface area contributed by atoms with E-state index in [1.807, 2.05) is 0 Å². The first-order chi connectivity index (χ1) is 14.9. The molecule has 1 aromatic heterocycles. The van der Waals surface area contributed by atoms with E-state index in [0.29, 0.717) is 28.7 Å². The zero-order valence-corrected chi connectivity index (χ0v) is 18.8. The Labute approximate surface area is 187 Å². The van der Waals surface area contributed by atoms with E-state index in [-0.39, 0.29) is 21.4 Å². The standard InChI is InChI=1S/C20H19FN4O3S3/c21-17-9-2-1-6-15(17)13-29-20-24-23-19(30-20)22-18(26)14-7-5-8-16(12-14)31(27,28)25-10-3-4-11-25/h1-2,5-9,12H,3-4,10-11,13H2,(H,22,23,26). The Bertz CT molecular complexity index is 1190. The van der Waals surface area contributed by atoms with Gasteiger partial charge in [0.15, 0.2) is 4.34 Å². The fraction of sp³-hybridized carbons (Fsp3) is 0.250. The van der Waals surface area contributed by atoms with Gasteiger partial charge < -0.3 is 0 Å². The number of nitrogens with zero attached hydrogens (tertiary/aromatic N) is 3. The Morgan fingerprint density at radius 3 is 2.68 bits per heavy atom. The first kappa shape index (κ1) is 21.9. The van der Waals surface area contributed by atoms with Gasteiger partial charge in [0.25, 0.3) is 5.91 Å². The van der Waals surface area contributed by atoms with Crippen LogP contribution in [0, 0.1) is 5.82 Å². The van der Waals surface area contributed by atoms with Crippen molar-refractivity contribution in [3.63, 3.8) is 0 Å². The molecule has 2 aromatic carbocycles. The molecule has 1 saturated heterocycles. The van der Waals surface area contributed by atoms with Crippen molar-refractivity contribution in [3.8, 4) is 0 Å². The number of rotatable bonds is 7. The highest BCUT2D eigenvalue weighted by molar-refractivity contribution is 8.00. The van der Waals surface area contributed by atoms with Gasteiger partial charge in [0.1, 0.15) is 5.82 Å². The van der Waals surface area contributed by atoms with E-state index >= 15 is 0 Å². The lowest BCUT2D eigenvalue weighted by Crippen LogP contribution is -2.28. The predicted octanol–water partition coefficient (Wildman–Crippen LogP) is 4.01. The molecule has 0 spiro atoms. The minimum Gasteiger partial charge on any atom is -0.296 e. The summed E-state index contributed by atoms with van der Waals surface area (Å²) >= 11 is 2.49. The van der Waals surface area contributed by atoms with Crippen LogP contribution in [-0.4, -0.2) is 41.9 Å². The van der Waals surface area contributed by atoms with Gasteiger partial charge in [-0.2, -0.15) is 4.31 Å². The molecule has 11 heteroatoms. The Kier molecular flexibility index (Phi) is 6.65. The van der Waals surface area contributed by atoms with Crippen molar-refractivity contribution in [2.24, 2.45) is 0 Å². The molecule has 0 saturated carbocycles. The van der Waals surface area contributed by atoms with Gasteiger partial charge in [0.05, 0.1) is 4.90 Å². The van der Waals surface area contributed by atoms with Crippen LogP contribution < -0.4 is 5.32 Å². The Morgan fingerprint density at radius 2 is 1.90 bits per heavy atom. The molecular formula is C20H19FN4O3S3. The van der Waals surface area contributed by atoms with Crippen LogP contribution >= 0.6 is 23.1 Å². The smallest absolute Gasteiger partial charge is 0.257 e. The molecule has 1 amide bonds. The largest absolute Gasteiger partial charge is 0.296 e. The predicted molar refractivity (Wildman–Crippen MR) is 118 cm³/mol. The lowest BCUT2D eigenvalue weighted by atomic mass is 10.2. The average molecular weight is 479 g/mol. The molecule has 0 bridgehead atoms. The maximum Gasteiger partial charge on any atom is 0.257 e. The van der Waals surface area contributed by atoms with Crippen LogP contribution in [-0.2, 0) is 15.8 Å². The third kappa shape index (κ3) is 5.12. The van der Waals surface area contributed by atoms with Crippen LogP contribution in [0.3, 0.4) is 0 Å². The van der Waals surface area contributed by atoms with Gasteiger partial charge in [-0.25, -0.2) is 12.8 Å². The average Bonchev–Trinajstić information content (AvgIpc) is 3.46. The van der Waals surface area contributed by atoms with Crippen molar-refractivity contribution in [1.82, 2.24) is 14.5 Å². The van der Waals surface area contributed by atoms with Gasteiger partial charge in [-0.3, -0.25) is 10.1 Å². The number of anilines is 1. The summed E-state index contributed by atoms with van der Waals surface area (Å²) in [6.07, 6.45) is 1.68. The Balaban J connectivity index is 1.41. The highest BCUT2D eigenvalue weighted by Gasteiger charge is 2.27. The molecule has 1 aliphatic rings. The van der Waals surface area contributed by atoms with Crippen molar-refractivity contribution in [3.05, 3.63) is 65.5 Å². The van der Waals surface area contributed by atoms with E-state index in [0.717, 1.165) is 12.8 Å². The summed E-state index contributed by atoms with van der Waals surface area (Å²) < 4.78 is 41.2. The summed E-state index contributed by atoms with van der Waals surface area (Å²) in [5, 5.41) is 10.9. The van der Waals surface area contributed by atoms with Crippen molar-refractivity contribution in [2.45, 2.75) is 27.8 Å². The zero-order valence-electron chi connectivity index (χ0n) is 16.3. The maximum absolute atomic E-state index is 13.7. The minimum absolute atomic E-state index is 0.0976. The molecule has 0 aliphatic carbocycles. The van der Waals surface area contributed by atoms with Gasteiger partial charge in [-0.15, -0.1) is 10.2 Å². The van der Waals surface area contributed by atoms with Gasteiger partial charge in [0, 0.05) is 24.4 Å². The summed E-state index contributed by atoms with van der Waals surface area (Å²) in [4.78, 5) is 12.7. The van der Waals surface area contributed by atoms with E-state index in [1.165, 1.54) is 45.6 Å². The topological polar surface area (TPSA) is 92.3 Å². The highest BCUT2D eigenvalue weighted by atomic mass is 32.2. The summed E-state index contributed by atoms with van der Waals surface area (Å²) in [6, 6.07) is 12.5. The van der Waals surface area contributed by atoms with Crippen LogP contribution in [0.2, 0.25) is 0 Å². The molecule has 0 atom stereocenters. The number of halogens is 1. The second-order valence-corrected chi connectivity index (χ2v) is 11.0. The SMILES string of the molecule is O=C(Nc1nnc(SCc2ccccc2F)s1)c1cccc(S(=O)(=O)N2CCCC2)c1. The van der Waals surface area contributed by atoms with Crippen LogP contribution in [0.25, 0.3) is 0 Å². The molecule has 1 N–H and O–H groups in total. The summed E-state index contributed by atoms with van der Waals surface area (Å²) in [5.41, 5.74) is 0.778. The second kappa shape index (κ2) is 9.43. The number of amides is 1. The molecule has 0 radical (unpaired) electrons. The van der Waals surface area contributed by atoms with Crippen molar-refractivity contribution >= 4 is 44.2 Å². The molecule has 7 nitrogen and oxygen atoms in total. The lowest BCUT2D eigenvalue weighted by molar-refractivity contribution is 0.102. The van der Waals surface area contributed by atoms with E-state index in [1.54, 1.807) is 30.3 Å². The van der Waals surface area contributed by atoms with E-state index < -0.39 is 15.9 Å². The van der Waals surface area contributed by atoms with Gasteiger partial charge >= 0.3 is 0 Å². The van der Waals surface area contributed by atoms with Gasteiger partial charge in [0.2, 0.25) is 15.2 Å². The van der Waals surface area contributed by atoms with Gasteiger partial charge in [-0.05, 0) is 42.7 Å². The summed E-state index contributed by atoms with van der Waals surface area (Å²) in [5.74, 6) is -0.358. The second-order valence-electron chi connectivity index (χ2n) is 6.85. The number of sulfonamides is 1. The summed E-state index contributed by atoms with van der Waals surface area (Å²) in [7, 11) is -3.61. The van der Waals surface area contributed by atoms with Crippen LogP contribution in [0.1, 0.15) is 28.8 Å². The van der Waals surface area contributed by atoms with E-state index in [2.05, 4.69) is 15.5 Å². The number of carbonyl (C=O) groups excluding carboxylic acids is 1. The Hall–Kier alpha value is -2.34. The number of carbonyl (C=O) groups is 1. The van der Waals surface area contributed by atoms with E-state index in [9.17, 15) is 17.6 Å². The maximum atomic E-state index is 13.7. The fourth-order valence-electron chi connectivity index (χ4n) is 3.12. The number of hydrogen-bond donors (Lipinski definition) is 1. The molecule has 4 rings (SSSR count). The zero-order chi connectivity index (χ0) is 21.8. The number of nitrogens with one attached hydrogen (secondary N) is 1. The molecule has 1 fully saturated rings. The van der Waals surface area contributed by atoms with Crippen LogP contribution in [0.4, 0.5) is 9.52 Å². The Morgan fingerprint density at radius 1 is 1.13 bits per heavy atom. The quantitative estimate of drug-likeness (QED) is 0.408. The minimum atomic E-state index is -3.61. The molecule has 2 heterocycles. The molecule has 0 unspecified atom stereocenters. The third-order valence-corrected chi connectivity index (χ3v) is 8.65. The fourth-order valence-corrected chi connectivity index (χ4v) is 6.42. The number of benzene rings is 2. The number of aromatic nitrogens is 2. The van der Waals surface area contributed by atoms with Crippen molar-refractivity contribution in [2.75, 3.05) is 18.4 Å². The number of hydrogen-bond acceptors (Lipinski definition) is 7. The molecule has 3 aromatic rings. The van der Waals surface area contributed by atoms with Crippen molar-refractivity contribution < 1.29 is 17.6 Å².